The molecule has 1 N–H and O–H groups in total. The maximum absolute atomic E-state index is 10.9. The molecule has 0 saturated carbocycles. The number of carbonyl (C=O) groups is 1. The van der Waals surface area contributed by atoms with Crippen LogP contribution in [-0.2, 0) is 4.79 Å². The van der Waals surface area contributed by atoms with Gasteiger partial charge in [0.15, 0.2) is 0 Å². The third kappa shape index (κ3) is 2.45. The monoisotopic (exact) mass is 234 g/mol. The summed E-state index contributed by atoms with van der Waals surface area (Å²) in [6, 6.07) is 0.972. The maximum atomic E-state index is 10.9. The number of rotatable bonds is 3. The van der Waals surface area contributed by atoms with Gasteiger partial charge in [-0.15, -0.1) is 0 Å². The normalized spacial score (nSPS) is 19.3. The lowest BCUT2D eigenvalue weighted by Crippen LogP contribution is -2.61. The molecule has 1 rings (SSSR count). The second-order valence-electron chi connectivity index (χ2n) is 3.45. The van der Waals surface area contributed by atoms with E-state index in [0.717, 1.165) is 13.1 Å². The van der Waals surface area contributed by atoms with Crippen LogP contribution in [0.3, 0.4) is 0 Å². The van der Waals surface area contributed by atoms with Gasteiger partial charge in [-0.2, -0.15) is 0 Å². The summed E-state index contributed by atoms with van der Waals surface area (Å²) in [6.45, 7) is 6.33. The molecule has 0 radical (unpaired) electrons. The molecule has 1 fully saturated rings. The smallest absolute Gasteiger partial charge is 0.230 e. The topological polar surface area (TPSA) is 32.3 Å². The van der Waals surface area contributed by atoms with Crippen molar-refractivity contribution in [3.05, 3.63) is 0 Å². The Balaban J connectivity index is 2.13. The molecule has 3 nitrogen and oxygen atoms in total. The largest absolute Gasteiger partial charge is 0.350 e. The van der Waals surface area contributed by atoms with E-state index >= 15 is 0 Å². The van der Waals surface area contributed by atoms with Gasteiger partial charge >= 0.3 is 0 Å². The molecule has 0 aromatic carbocycles. The van der Waals surface area contributed by atoms with E-state index in [-0.39, 0.29) is 5.91 Å². The van der Waals surface area contributed by atoms with Gasteiger partial charge in [-0.1, -0.05) is 15.9 Å². The minimum atomic E-state index is 0.0865. The summed E-state index contributed by atoms with van der Waals surface area (Å²) in [7, 11) is 0. The van der Waals surface area contributed by atoms with Crippen LogP contribution in [0.1, 0.15) is 13.8 Å². The van der Waals surface area contributed by atoms with E-state index in [1.165, 1.54) is 0 Å². The Bertz CT molecular complexity index is 166. The van der Waals surface area contributed by atoms with Crippen LogP contribution >= 0.6 is 15.9 Å². The van der Waals surface area contributed by atoms with E-state index in [1.54, 1.807) is 0 Å². The third-order valence-corrected chi connectivity index (χ3v) is 2.64. The standard InChI is InChI=1S/C8H15BrN2O/c1-6(2)11-4-7(5-11)10-8(12)3-9/h6-7H,3-5H2,1-2H3,(H,10,12). The van der Waals surface area contributed by atoms with E-state index < -0.39 is 0 Å². The molecule has 0 unspecified atom stereocenters. The van der Waals surface area contributed by atoms with Crippen molar-refractivity contribution in [1.29, 1.82) is 0 Å². The molecule has 0 spiro atoms. The maximum Gasteiger partial charge on any atom is 0.230 e. The summed E-state index contributed by atoms with van der Waals surface area (Å²) < 4.78 is 0. The van der Waals surface area contributed by atoms with Gasteiger partial charge in [0.1, 0.15) is 0 Å². The van der Waals surface area contributed by atoms with Crippen molar-refractivity contribution in [2.24, 2.45) is 0 Å². The van der Waals surface area contributed by atoms with Crippen LogP contribution < -0.4 is 5.32 Å². The second-order valence-corrected chi connectivity index (χ2v) is 4.01. The van der Waals surface area contributed by atoms with Crippen LogP contribution in [0.5, 0.6) is 0 Å². The van der Waals surface area contributed by atoms with Crippen LogP contribution in [0.25, 0.3) is 0 Å². The summed E-state index contributed by atoms with van der Waals surface area (Å²) in [5, 5.41) is 3.33. The summed E-state index contributed by atoms with van der Waals surface area (Å²) in [5.74, 6) is 0.0865. The summed E-state index contributed by atoms with van der Waals surface area (Å²) >= 11 is 3.11. The van der Waals surface area contributed by atoms with Crippen LogP contribution in [0, 0.1) is 0 Å². The van der Waals surface area contributed by atoms with Crippen LogP contribution in [0.4, 0.5) is 0 Å². The number of carbonyl (C=O) groups excluding carboxylic acids is 1. The van der Waals surface area contributed by atoms with E-state index in [1.807, 2.05) is 0 Å². The molecule has 0 aliphatic carbocycles. The lowest BCUT2D eigenvalue weighted by atomic mass is 10.1. The van der Waals surface area contributed by atoms with Crippen molar-refractivity contribution in [1.82, 2.24) is 10.2 Å². The molecule has 0 aromatic heterocycles. The van der Waals surface area contributed by atoms with Crippen molar-refractivity contribution in [2.45, 2.75) is 25.9 Å². The number of nitrogens with zero attached hydrogens (tertiary/aromatic N) is 1. The molecule has 1 aliphatic rings. The first-order chi connectivity index (χ1) is 5.63. The van der Waals surface area contributed by atoms with Gasteiger partial charge in [0, 0.05) is 19.1 Å². The van der Waals surface area contributed by atoms with Crippen LogP contribution in [-0.4, -0.2) is 41.3 Å². The van der Waals surface area contributed by atoms with Crippen molar-refractivity contribution >= 4 is 21.8 Å². The van der Waals surface area contributed by atoms with Gasteiger partial charge in [-0.25, -0.2) is 0 Å². The molecule has 1 heterocycles. The molecule has 1 saturated heterocycles. The van der Waals surface area contributed by atoms with Crippen LogP contribution in [0.15, 0.2) is 0 Å². The van der Waals surface area contributed by atoms with E-state index in [4.69, 9.17) is 0 Å². The summed E-state index contributed by atoms with van der Waals surface area (Å²) in [5.41, 5.74) is 0. The Morgan fingerprint density at radius 3 is 2.67 bits per heavy atom. The van der Waals surface area contributed by atoms with E-state index in [0.29, 0.717) is 17.4 Å². The summed E-state index contributed by atoms with van der Waals surface area (Å²) in [6.07, 6.45) is 0. The molecule has 1 amide bonds. The van der Waals surface area contributed by atoms with Crippen LogP contribution in [0.2, 0.25) is 0 Å². The molecule has 0 atom stereocenters. The van der Waals surface area contributed by atoms with Gasteiger partial charge in [-0.3, -0.25) is 9.69 Å². The quantitative estimate of drug-likeness (QED) is 0.726. The number of alkyl halides is 1. The molecule has 70 valence electrons. The van der Waals surface area contributed by atoms with Crippen molar-refractivity contribution < 1.29 is 4.79 Å². The van der Waals surface area contributed by atoms with Gasteiger partial charge in [0.2, 0.25) is 5.91 Å². The highest BCUT2D eigenvalue weighted by atomic mass is 79.9. The lowest BCUT2D eigenvalue weighted by molar-refractivity contribution is -0.120. The van der Waals surface area contributed by atoms with Crippen molar-refractivity contribution in [2.75, 3.05) is 18.4 Å². The minimum absolute atomic E-state index is 0.0865. The number of nitrogens with one attached hydrogen (secondary N) is 1. The first-order valence-electron chi connectivity index (χ1n) is 4.23. The Morgan fingerprint density at radius 1 is 1.67 bits per heavy atom. The number of likely N-dealkylation sites (tertiary alicyclic amines) is 1. The SMILES string of the molecule is CC(C)N1CC(NC(=O)CBr)C1. The van der Waals surface area contributed by atoms with Gasteiger partial charge < -0.3 is 5.32 Å². The fourth-order valence-electron chi connectivity index (χ4n) is 1.29. The predicted molar refractivity (Wildman–Crippen MR) is 52.4 cm³/mol. The lowest BCUT2D eigenvalue weighted by Gasteiger charge is -2.42. The molecule has 0 aromatic rings. The number of halogens is 1. The average molecular weight is 235 g/mol. The molecule has 1 aliphatic heterocycles. The average Bonchev–Trinajstić information content (AvgIpc) is 1.94. The third-order valence-electron chi connectivity index (χ3n) is 2.13. The predicted octanol–water partition coefficient (Wildman–Crippen LogP) is 0.590. The molecular formula is C8H15BrN2O. The fraction of sp³-hybridized carbons (Fsp3) is 0.875. The van der Waals surface area contributed by atoms with E-state index in [9.17, 15) is 4.79 Å². The first kappa shape index (κ1) is 9.99. The number of hydrogen-bond acceptors (Lipinski definition) is 2. The Hall–Kier alpha value is -0.0900. The number of amides is 1. The van der Waals surface area contributed by atoms with Gasteiger partial charge in [0.05, 0.1) is 11.4 Å². The Kier molecular flexibility index (Phi) is 3.53. The zero-order valence-electron chi connectivity index (χ0n) is 7.51. The zero-order chi connectivity index (χ0) is 9.14. The molecule has 0 bridgehead atoms. The zero-order valence-corrected chi connectivity index (χ0v) is 9.10. The Morgan fingerprint density at radius 2 is 2.25 bits per heavy atom. The number of hydrogen-bond donors (Lipinski definition) is 1. The minimum Gasteiger partial charge on any atom is -0.350 e. The second kappa shape index (κ2) is 4.23. The first-order valence-corrected chi connectivity index (χ1v) is 5.35. The highest BCUT2D eigenvalue weighted by Gasteiger charge is 2.28. The highest BCUT2D eigenvalue weighted by Crippen LogP contribution is 2.11. The van der Waals surface area contributed by atoms with Gasteiger partial charge in [0.25, 0.3) is 0 Å². The van der Waals surface area contributed by atoms with E-state index in [2.05, 4.69) is 40.0 Å². The van der Waals surface area contributed by atoms with Gasteiger partial charge in [-0.05, 0) is 13.8 Å². The summed E-state index contributed by atoms with van der Waals surface area (Å²) in [4.78, 5) is 13.2. The highest BCUT2D eigenvalue weighted by molar-refractivity contribution is 9.09. The Labute approximate surface area is 81.6 Å². The molecule has 4 heteroatoms. The molecule has 12 heavy (non-hydrogen) atoms. The van der Waals surface area contributed by atoms with Crippen molar-refractivity contribution in [3.8, 4) is 0 Å². The molecular weight excluding hydrogens is 220 g/mol. The fourth-order valence-corrected chi connectivity index (χ4v) is 1.45. The van der Waals surface area contributed by atoms with Crippen molar-refractivity contribution in [3.63, 3.8) is 0 Å².